The molecular weight excluding hydrogens is 386 g/mol. The van der Waals surface area contributed by atoms with E-state index in [1.807, 2.05) is 32.9 Å². The van der Waals surface area contributed by atoms with E-state index in [2.05, 4.69) is 41.9 Å². The molecule has 0 unspecified atom stereocenters. The Morgan fingerprint density at radius 2 is 1.81 bits per heavy atom. The van der Waals surface area contributed by atoms with E-state index in [1.165, 1.54) is 5.56 Å². The second-order valence-electron chi connectivity index (χ2n) is 7.53. The van der Waals surface area contributed by atoms with E-state index >= 15 is 0 Å². The molecule has 0 radical (unpaired) electrons. The number of hydrogen-bond acceptors (Lipinski definition) is 3. The molecule has 0 aliphatic heterocycles. The lowest BCUT2D eigenvalue weighted by Gasteiger charge is -2.13. The van der Waals surface area contributed by atoms with Crippen molar-refractivity contribution in [3.05, 3.63) is 82.2 Å². The maximum absolute atomic E-state index is 12.7. The van der Waals surface area contributed by atoms with Crippen LogP contribution in [0, 0.1) is 39.0 Å². The SMILES string of the molecule is CCOc1ccc(NC(=O)/C(C#N)=C\c2cc(C)n(-c3cc(C)ccc3C)c2C)cc1. The predicted molar refractivity (Wildman–Crippen MR) is 125 cm³/mol. The molecular formula is C26H27N3O2. The summed E-state index contributed by atoms with van der Waals surface area (Å²) >= 11 is 0. The Hall–Kier alpha value is -3.78. The largest absolute Gasteiger partial charge is 0.494 e. The van der Waals surface area contributed by atoms with Gasteiger partial charge in [0.1, 0.15) is 17.4 Å². The molecule has 1 aromatic heterocycles. The number of carbonyl (C=O) groups is 1. The van der Waals surface area contributed by atoms with E-state index in [4.69, 9.17) is 4.74 Å². The van der Waals surface area contributed by atoms with Crippen molar-refractivity contribution in [1.29, 1.82) is 5.26 Å². The van der Waals surface area contributed by atoms with E-state index in [9.17, 15) is 10.1 Å². The highest BCUT2D eigenvalue weighted by atomic mass is 16.5. The number of benzene rings is 2. The van der Waals surface area contributed by atoms with Gasteiger partial charge in [-0.05, 0) is 93.8 Å². The number of nitriles is 1. The normalized spacial score (nSPS) is 11.2. The van der Waals surface area contributed by atoms with Gasteiger partial charge in [-0.15, -0.1) is 0 Å². The molecule has 0 atom stereocenters. The predicted octanol–water partition coefficient (Wildman–Crippen LogP) is 5.66. The molecule has 3 rings (SSSR count). The van der Waals surface area contributed by atoms with Crippen molar-refractivity contribution in [1.82, 2.24) is 4.57 Å². The molecule has 0 saturated carbocycles. The van der Waals surface area contributed by atoms with Gasteiger partial charge in [0.25, 0.3) is 5.91 Å². The van der Waals surface area contributed by atoms with Crippen molar-refractivity contribution < 1.29 is 9.53 Å². The first-order valence-electron chi connectivity index (χ1n) is 10.3. The summed E-state index contributed by atoms with van der Waals surface area (Å²) < 4.78 is 7.57. The summed E-state index contributed by atoms with van der Waals surface area (Å²) in [5.74, 6) is 0.290. The van der Waals surface area contributed by atoms with Crippen LogP contribution in [0.4, 0.5) is 5.69 Å². The van der Waals surface area contributed by atoms with E-state index in [1.54, 1.807) is 30.3 Å². The molecule has 0 bridgehead atoms. The smallest absolute Gasteiger partial charge is 0.266 e. The second-order valence-corrected chi connectivity index (χ2v) is 7.53. The van der Waals surface area contributed by atoms with Crippen LogP contribution in [0.3, 0.4) is 0 Å². The van der Waals surface area contributed by atoms with Crippen LogP contribution in [0.15, 0.2) is 54.1 Å². The van der Waals surface area contributed by atoms with Crippen LogP contribution < -0.4 is 10.1 Å². The first-order valence-corrected chi connectivity index (χ1v) is 10.3. The zero-order valence-electron chi connectivity index (χ0n) is 18.6. The maximum Gasteiger partial charge on any atom is 0.266 e. The monoisotopic (exact) mass is 413 g/mol. The van der Waals surface area contributed by atoms with Crippen molar-refractivity contribution in [3.63, 3.8) is 0 Å². The second kappa shape index (κ2) is 9.36. The van der Waals surface area contributed by atoms with Gasteiger partial charge in [-0.2, -0.15) is 5.26 Å². The first-order chi connectivity index (χ1) is 14.8. The molecule has 1 heterocycles. The molecule has 0 aliphatic rings. The maximum atomic E-state index is 12.7. The summed E-state index contributed by atoms with van der Waals surface area (Å²) in [6.07, 6.45) is 1.65. The van der Waals surface area contributed by atoms with E-state index in [-0.39, 0.29) is 5.57 Å². The fourth-order valence-electron chi connectivity index (χ4n) is 3.57. The summed E-state index contributed by atoms with van der Waals surface area (Å²) in [5.41, 5.74) is 6.97. The number of hydrogen-bond donors (Lipinski definition) is 1. The van der Waals surface area contributed by atoms with Crippen molar-refractivity contribution in [2.75, 3.05) is 11.9 Å². The van der Waals surface area contributed by atoms with Gasteiger partial charge in [0, 0.05) is 22.8 Å². The molecule has 2 aromatic carbocycles. The molecule has 31 heavy (non-hydrogen) atoms. The molecule has 158 valence electrons. The Morgan fingerprint density at radius 3 is 2.45 bits per heavy atom. The van der Waals surface area contributed by atoms with Crippen molar-refractivity contribution in [2.24, 2.45) is 0 Å². The zero-order chi connectivity index (χ0) is 22.5. The van der Waals surface area contributed by atoms with Crippen molar-refractivity contribution in [2.45, 2.75) is 34.6 Å². The van der Waals surface area contributed by atoms with Gasteiger partial charge in [0.2, 0.25) is 0 Å². The minimum Gasteiger partial charge on any atom is -0.494 e. The molecule has 0 saturated heterocycles. The summed E-state index contributed by atoms with van der Waals surface area (Å²) in [6.45, 7) is 10.7. The lowest BCUT2D eigenvalue weighted by Crippen LogP contribution is -2.13. The van der Waals surface area contributed by atoms with Gasteiger partial charge in [0.15, 0.2) is 0 Å². The minimum atomic E-state index is -0.441. The quantitative estimate of drug-likeness (QED) is 0.419. The molecule has 1 N–H and O–H groups in total. The van der Waals surface area contributed by atoms with Gasteiger partial charge in [-0.3, -0.25) is 4.79 Å². The fourth-order valence-corrected chi connectivity index (χ4v) is 3.57. The lowest BCUT2D eigenvalue weighted by molar-refractivity contribution is -0.112. The van der Waals surface area contributed by atoms with Crippen LogP contribution in [0.5, 0.6) is 5.75 Å². The molecule has 5 nitrogen and oxygen atoms in total. The Bertz CT molecular complexity index is 1180. The Labute approximate surface area is 183 Å². The number of amides is 1. The van der Waals surface area contributed by atoms with Gasteiger partial charge < -0.3 is 14.6 Å². The van der Waals surface area contributed by atoms with Gasteiger partial charge in [0.05, 0.1) is 6.61 Å². The number of anilines is 1. The number of ether oxygens (including phenoxy) is 1. The van der Waals surface area contributed by atoms with Crippen LogP contribution in [-0.4, -0.2) is 17.1 Å². The van der Waals surface area contributed by atoms with Crippen LogP contribution in [-0.2, 0) is 4.79 Å². The average Bonchev–Trinajstić information content (AvgIpc) is 3.02. The van der Waals surface area contributed by atoms with Gasteiger partial charge in [-0.1, -0.05) is 12.1 Å². The Balaban J connectivity index is 1.90. The van der Waals surface area contributed by atoms with Gasteiger partial charge >= 0.3 is 0 Å². The highest BCUT2D eigenvalue weighted by Crippen LogP contribution is 2.26. The summed E-state index contributed by atoms with van der Waals surface area (Å²) in [4.78, 5) is 12.7. The van der Waals surface area contributed by atoms with E-state index in [0.717, 1.165) is 34.0 Å². The topological polar surface area (TPSA) is 67.0 Å². The molecule has 1 amide bonds. The number of nitrogens with zero attached hydrogens (tertiary/aromatic N) is 2. The summed E-state index contributed by atoms with van der Waals surface area (Å²) in [7, 11) is 0. The zero-order valence-corrected chi connectivity index (χ0v) is 18.6. The molecule has 3 aromatic rings. The van der Waals surface area contributed by atoms with E-state index in [0.29, 0.717) is 12.3 Å². The first kappa shape index (κ1) is 21.9. The standard InChI is InChI=1S/C26H27N3O2/c1-6-31-24-11-9-23(10-12-24)28-26(30)22(16-27)15-21-14-19(4)29(20(21)5)25-13-17(2)7-8-18(25)3/h7-15H,6H2,1-5H3,(H,28,30)/b22-15-. The number of carbonyl (C=O) groups excluding carboxylic acids is 1. The number of rotatable bonds is 6. The third-order valence-electron chi connectivity index (χ3n) is 5.16. The highest BCUT2D eigenvalue weighted by molar-refractivity contribution is 6.09. The van der Waals surface area contributed by atoms with Crippen LogP contribution in [0.1, 0.15) is 35.0 Å². The van der Waals surface area contributed by atoms with Crippen molar-refractivity contribution in [3.8, 4) is 17.5 Å². The van der Waals surface area contributed by atoms with Gasteiger partial charge in [-0.25, -0.2) is 0 Å². The van der Waals surface area contributed by atoms with E-state index < -0.39 is 5.91 Å². The summed E-state index contributed by atoms with van der Waals surface area (Å²) in [6, 6.07) is 17.4. The molecule has 0 fully saturated rings. The Morgan fingerprint density at radius 1 is 1.10 bits per heavy atom. The lowest BCUT2D eigenvalue weighted by atomic mass is 10.1. The fraction of sp³-hybridized carbons (Fsp3) is 0.231. The van der Waals surface area contributed by atoms with Crippen LogP contribution >= 0.6 is 0 Å². The minimum absolute atomic E-state index is 0.0510. The summed E-state index contributed by atoms with van der Waals surface area (Å²) in [5, 5.41) is 12.4. The third kappa shape index (κ3) is 4.87. The molecule has 0 aliphatic carbocycles. The van der Waals surface area contributed by atoms with Crippen LogP contribution in [0.25, 0.3) is 11.8 Å². The average molecular weight is 414 g/mol. The highest BCUT2D eigenvalue weighted by Gasteiger charge is 2.15. The number of aromatic nitrogens is 1. The van der Waals surface area contributed by atoms with Crippen molar-refractivity contribution >= 4 is 17.7 Å². The molecule has 0 spiro atoms. The van der Waals surface area contributed by atoms with Crippen LogP contribution in [0.2, 0.25) is 0 Å². The number of nitrogens with one attached hydrogen (secondary N) is 1. The number of aryl methyl sites for hydroxylation is 3. The Kier molecular flexibility index (Phi) is 6.61. The molecule has 5 heteroatoms. The third-order valence-corrected chi connectivity index (χ3v) is 5.16.